The quantitative estimate of drug-likeness (QED) is 0.941. The van der Waals surface area contributed by atoms with Gasteiger partial charge in [-0.25, -0.2) is 4.98 Å². The van der Waals surface area contributed by atoms with Crippen LogP contribution in [-0.2, 0) is 10.9 Å². The average Bonchev–Trinajstić information content (AvgIpc) is 2.90. The lowest BCUT2D eigenvalue weighted by atomic mass is 10.0. The van der Waals surface area contributed by atoms with Crippen LogP contribution in [0.15, 0.2) is 6.07 Å². The molecule has 0 saturated carbocycles. The molecule has 2 aromatic rings. The van der Waals surface area contributed by atoms with Gasteiger partial charge in [-0.3, -0.25) is 0 Å². The van der Waals surface area contributed by atoms with Crippen molar-refractivity contribution in [3.05, 3.63) is 17.6 Å². The fourth-order valence-corrected chi connectivity index (χ4v) is 2.45. The zero-order valence-corrected chi connectivity index (χ0v) is 12.0. The van der Waals surface area contributed by atoms with E-state index in [0.717, 1.165) is 24.0 Å². The van der Waals surface area contributed by atoms with E-state index in [-0.39, 0.29) is 5.78 Å². The molecule has 2 aromatic heterocycles. The highest BCUT2D eigenvalue weighted by Crippen LogP contribution is 2.27. The normalized spacial score (nSPS) is 19.5. The number of hydrogen-bond donors (Lipinski definition) is 1. The molecule has 22 heavy (non-hydrogen) atoms. The molecule has 9 heteroatoms. The van der Waals surface area contributed by atoms with E-state index in [1.807, 2.05) is 0 Å². The van der Waals surface area contributed by atoms with Crippen LogP contribution in [0.4, 0.5) is 19.0 Å². The molecule has 1 atom stereocenters. The summed E-state index contributed by atoms with van der Waals surface area (Å²) in [6.45, 7) is 3.75. The van der Waals surface area contributed by atoms with E-state index in [1.54, 1.807) is 13.0 Å². The molecule has 0 radical (unpaired) electrons. The zero-order chi connectivity index (χ0) is 15.7. The average molecular weight is 315 g/mol. The third-order valence-electron chi connectivity index (χ3n) is 3.52. The number of alkyl halides is 3. The van der Waals surface area contributed by atoms with Gasteiger partial charge in [0.05, 0.1) is 6.61 Å². The van der Waals surface area contributed by atoms with Crippen molar-refractivity contribution < 1.29 is 17.9 Å². The summed E-state index contributed by atoms with van der Waals surface area (Å²) >= 11 is 0. The Balaban J connectivity index is 1.85. The van der Waals surface area contributed by atoms with Gasteiger partial charge in [0, 0.05) is 24.9 Å². The Morgan fingerprint density at radius 2 is 2.23 bits per heavy atom. The minimum Gasteiger partial charge on any atom is -0.381 e. The van der Waals surface area contributed by atoms with Gasteiger partial charge in [0.1, 0.15) is 5.82 Å². The van der Waals surface area contributed by atoms with Crippen LogP contribution in [0.1, 0.15) is 24.4 Å². The van der Waals surface area contributed by atoms with Gasteiger partial charge in [0.15, 0.2) is 0 Å². The number of nitrogens with one attached hydrogen (secondary N) is 1. The second kappa shape index (κ2) is 5.71. The molecule has 1 aliphatic rings. The van der Waals surface area contributed by atoms with Crippen molar-refractivity contribution in [1.82, 2.24) is 19.6 Å². The van der Waals surface area contributed by atoms with Crippen LogP contribution in [0.5, 0.6) is 0 Å². The molecular formula is C13H16F3N5O. The second-order valence-corrected chi connectivity index (χ2v) is 5.39. The molecule has 0 aromatic carbocycles. The first-order chi connectivity index (χ1) is 10.4. The molecular weight excluding hydrogens is 299 g/mol. The second-order valence-electron chi connectivity index (χ2n) is 5.39. The first-order valence-electron chi connectivity index (χ1n) is 7.07. The number of anilines is 1. The Morgan fingerprint density at radius 3 is 2.91 bits per heavy atom. The highest BCUT2D eigenvalue weighted by Gasteiger charge is 2.36. The third kappa shape index (κ3) is 3.13. The van der Waals surface area contributed by atoms with Gasteiger partial charge in [0.2, 0.25) is 0 Å². The third-order valence-corrected chi connectivity index (χ3v) is 3.52. The number of aryl methyl sites for hydroxylation is 1. The van der Waals surface area contributed by atoms with Crippen molar-refractivity contribution in [3.63, 3.8) is 0 Å². The van der Waals surface area contributed by atoms with Gasteiger partial charge in [0.25, 0.3) is 11.6 Å². The van der Waals surface area contributed by atoms with Crippen LogP contribution < -0.4 is 5.32 Å². The van der Waals surface area contributed by atoms with Crippen LogP contribution in [-0.4, -0.2) is 39.3 Å². The topological polar surface area (TPSA) is 64.3 Å². The minimum atomic E-state index is -4.59. The molecule has 3 rings (SSSR count). The van der Waals surface area contributed by atoms with Gasteiger partial charge < -0.3 is 10.1 Å². The molecule has 0 unspecified atom stereocenters. The smallest absolute Gasteiger partial charge is 0.381 e. The maximum atomic E-state index is 12.7. The minimum absolute atomic E-state index is 0.0604. The lowest BCUT2D eigenvalue weighted by Gasteiger charge is -2.22. The van der Waals surface area contributed by atoms with E-state index < -0.39 is 12.0 Å². The largest absolute Gasteiger partial charge is 0.453 e. The summed E-state index contributed by atoms with van der Waals surface area (Å²) in [6, 6.07) is 1.66. The van der Waals surface area contributed by atoms with Gasteiger partial charge >= 0.3 is 6.18 Å². The number of fused-ring (bicyclic) bond motifs is 1. The van der Waals surface area contributed by atoms with E-state index in [9.17, 15) is 13.2 Å². The summed E-state index contributed by atoms with van der Waals surface area (Å²) in [4.78, 5) is 7.44. The first-order valence-corrected chi connectivity index (χ1v) is 7.07. The van der Waals surface area contributed by atoms with Gasteiger partial charge in [-0.2, -0.15) is 22.7 Å². The first kappa shape index (κ1) is 15.0. The summed E-state index contributed by atoms with van der Waals surface area (Å²) in [7, 11) is 0. The van der Waals surface area contributed by atoms with E-state index >= 15 is 0 Å². The van der Waals surface area contributed by atoms with Crippen LogP contribution in [0.2, 0.25) is 0 Å². The molecule has 3 heterocycles. The molecule has 0 bridgehead atoms. The molecule has 0 amide bonds. The predicted molar refractivity (Wildman–Crippen MR) is 72.6 cm³/mol. The van der Waals surface area contributed by atoms with Crippen molar-refractivity contribution in [3.8, 4) is 0 Å². The van der Waals surface area contributed by atoms with E-state index in [4.69, 9.17) is 4.74 Å². The Bertz CT molecular complexity index is 663. The molecule has 0 aliphatic carbocycles. The highest BCUT2D eigenvalue weighted by molar-refractivity contribution is 5.45. The van der Waals surface area contributed by atoms with Crippen LogP contribution >= 0.6 is 0 Å². The van der Waals surface area contributed by atoms with Crippen molar-refractivity contribution in [2.75, 3.05) is 25.1 Å². The maximum absolute atomic E-state index is 12.7. The number of rotatable bonds is 3. The van der Waals surface area contributed by atoms with Gasteiger partial charge in [-0.1, -0.05) is 0 Å². The van der Waals surface area contributed by atoms with Crippen LogP contribution in [0.3, 0.4) is 0 Å². The van der Waals surface area contributed by atoms with E-state index in [0.29, 0.717) is 30.6 Å². The maximum Gasteiger partial charge on any atom is 0.453 e. The molecule has 1 saturated heterocycles. The number of aromatic nitrogens is 4. The summed E-state index contributed by atoms with van der Waals surface area (Å²) in [5.74, 6) is -0.455. The van der Waals surface area contributed by atoms with E-state index in [1.165, 1.54) is 0 Å². The molecule has 120 valence electrons. The van der Waals surface area contributed by atoms with Crippen molar-refractivity contribution in [2.45, 2.75) is 25.9 Å². The number of hydrogen-bond acceptors (Lipinski definition) is 5. The zero-order valence-electron chi connectivity index (χ0n) is 12.0. The standard InChI is InChI=1S/C13H16F3N5O/c1-8-5-10(17-6-9-3-2-4-22-7-9)21-12(18-8)19-11(20-21)13(14,15)16/h5,9,17H,2-4,6-7H2,1H3/t9-/m0/s1. The summed E-state index contributed by atoms with van der Waals surface area (Å²) in [6.07, 6.45) is -2.56. The number of halogens is 3. The fraction of sp³-hybridized carbons (Fsp3) is 0.615. The fourth-order valence-electron chi connectivity index (χ4n) is 2.45. The molecule has 1 N–H and O–H groups in total. The molecule has 1 aliphatic heterocycles. The Labute approximate surface area is 124 Å². The SMILES string of the molecule is Cc1cc(NC[C@@H]2CCCOC2)n2nc(C(F)(F)F)nc2n1. The highest BCUT2D eigenvalue weighted by atomic mass is 19.4. The summed E-state index contributed by atoms with van der Waals surface area (Å²) in [5, 5.41) is 6.65. The Hall–Kier alpha value is -1.90. The van der Waals surface area contributed by atoms with Crippen LogP contribution in [0.25, 0.3) is 5.78 Å². The Kier molecular flexibility index (Phi) is 3.90. The van der Waals surface area contributed by atoms with Crippen LogP contribution in [0, 0.1) is 12.8 Å². The lowest BCUT2D eigenvalue weighted by molar-refractivity contribution is -0.144. The molecule has 1 fully saturated rings. The summed E-state index contributed by atoms with van der Waals surface area (Å²) < 4.78 is 44.7. The van der Waals surface area contributed by atoms with Gasteiger partial charge in [-0.05, 0) is 25.7 Å². The number of nitrogens with zero attached hydrogens (tertiary/aromatic N) is 4. The van der Waals surface area contributed by atoms with Gasteiger partial charge in [-0.15, -0.1) is 5.10 Å². The van der Waals surface area contributed by atoms with Crippen molar-refractivity contribution in [2.24, 2.45) is 5.92 Å². The number of ether oxygens (including phenoxy) is 1. The van der Waals surface area contributed by atoms with Crippen molar-refractivity contribution >= 4 is 11.6 Å². The van der Waals surface area contributed by atoms with E-state index in [2.05, 4.69) is 20.4 Å². The Morgan fingerprint density at radius 1 is 1.41 bits per heavy atom. The predicted octanol–water partition coefficient (Wildman–Crippen LogP) is 2.29. The van der Waals surface area contributed by atoms with Crippen molar-refractivity contribution in [1.29, 1.82) is 0 Å². The molecule has 6 nitrogen and oxygen atoms in total. The summed E-state index contributed by atoms with van der Waals surface area (Å²) in [5.41, 5.74) is 0.580. The lowest BCUT2D eigenvalue weighted by Crippen LogP contribution is -2.25. The molecule has 0 spiro atoms. The monoisotopic (exact) mass is 315 g/mol.